The number of hydrogen-bond acceptors (Lipinski definition) is 5. The summed E-state index contributed by atoms with van der Waals surface area (Å²) in [6.07, 6.45) is 7.62. The van der Waals surface area contributed by atoms with Crippen LogP contribution in [-0.4, -0.2) is 37.3 Å². The monoisotopic (exact) mass is 395 g/mol. The van der Waals surface area contributed by atoms with Gasteiger partial charge in [-0.25, -0.2) is 19.3 Å². The molecule has 4 rings (SSSR count). The Morgan fingerprint density at radius 1 is 1.17 bits per heavy atom. The van der Waals surface area contributed by atoms with Crippen molar-refractivity contribution in [3.05, 3.63) is 48.7 Å². The van der Waals surface area contributed by atoms with Crippen LogP contribution < -0.4 is 5.32 Å². The van der Waals surface area contributed by atoms with Crippen molar-refractivity contribution in [1.82, 2.24) is 19.5 Å². The van der Waals surface area contributed by atoms with E-state index in [1.165, 1.54) is 12.1 Å². The lowest BCUT2D eigenvalue weighted by atomic mass is 9.80. The standard InChI is InChI=1S/C22H26FN5O/c1-3-22(29)11-8-17(9-12-22)28-14-26-19(15-4-6-16(23)7-5-15)20(28)18-10-13-25-21(24-2)27-18/h4-7,10,13-14,17,29H,3,8-9,11-12H2,1-2H3,(H,24,25,27). The Kier molecular flexibility index (Phi) is 5.32. The molecule has 1 aromatic carbocycles. The molecule has 0 bridgehead atoms. The molecule has 2 aromatic heterocycles. The van der Waals surface area contributed by atoms with Crippen LogP contribution in [0.3, 0.4) is 0 Å². The number of aliphatic hydroxyl groups is 1. The highest BCUT2D eigenvalue weighted by molar-refractivity contribution is 5.77. The summed E-state index contributed by atoms with van der Waals surface area (Å²) in [7, 11) is 1.78. The summed E-state index contributed by atoms with van der Waals surface area (Å²) in [6.45, 7) is 2.04. The van der Waals surface area contributed by atoms with E-state index in [2.05, 4.69) is 24.8 Å². The molecule has 1 aliphatic rings. The lowest BCUT2D eigenvalue weighted by molar-refractivity contribution is -0.0105. The second-order valence-electron chi connectivity index (χ2n) is 7.68. The molecule has 1 saturated carbocycles. The first kappa shape index (κ1) is 19.5. The van der Waals surface area contributed by atoms with Crippen LogP contribution in [0.25, 0.3) is 22.6 Å². The molecule has 7 heteroatoms. The molecule has 2 heterocycles. The Labute approximate surface area is 169 Å². The minimum atomic E-state index is -0.564. The van der Waals surface area contributed by atoms with E-state index in [9.17, 15) is 9.50 Å². The fourth-order valence-corrected chi connectivity index (χ4v) is 4.09. The van der Waals surface area contributed by atoms with E-state index in [-0.39, 0.29) is 11.9 Å². The van der Waals surface area contributed by atoms with Gasteiger partial charge in [-0.2, -0.15) is 0 Å². The van der Waals surface area contributed by atoms with Crippen LogP contribution in [0, 0.1) is 5.82 Å². The van der Waals surface area contributed by atoms with Gasteiger partial charge in [0, 0.05) is 24.8 Å². The van der Waals surface area contributed by atoms with Crippen molar-refractivity contribution in [1.29, 1.82) is 0 Å². The van der Waals surface area contributed by atoms with Crippen LogP contribution in [0.4, 0.5) is 10.3 Å². The van der Waals surface area contributed by atoms with Gasteiger partial charge in [-0.1, -0.05) is 6.92 Å². The van der Waals surface area contributed by atoms with Crippen LogP contribution >= 0.6 is 0 Å². The summed E-state index contributed by atoms with van der Waals surface area (Å²) in [4.78, 5) is 13.5. The second kappa shape index (κ2) is 7.91. The van der Waals surface area contributed by atoms with Gasteiger partial charge in [-0.3, -0.25) is 0 Å². The third kappa shape index (κ3) is 3.87. The smallest absolute Gasteiger partial charge is 0.222 e. The van der Waals surface area contributed by atoms with Gasteiger partial charge in [0.1, 0.15) is 5.82 Å². The van der Waals surface area contributed by atoms with Crippen LogP contribution in [0.15, 0.2) is 42.9 Å². The number of hydrogen-bond donors (Lipinski definition) is 2. The van der Waals surface area contributed by atoms with Crippen LogP contribution in [-0.2, 0) is 0 Å². The van der Waals surface area contributed by atoms with E-state index in [4.69, 9.17) is 0 Å². The zero-order valence-electron chi connectivity index (χ0n) is 16.8. The third-order valence-corrected chi connectivity index (χ3v) is 5.97. The number of rotatable bonds is 5. The van der Waals surface area contributed by atoms with Crippen molar-refractivity contribution in [3.8, 4) is 22.6 Å². The van der Waals surface area contributed by atoms with Crippen molar-refractivity contribution < 1.29 is 9.50 Å². The van der Waals surface area contributed by atoms with Gasteiger partial charge < -0.3 is 15.0 Å². The highest BCUT2D eigenvalue weighted by atomic mass is 19.1. The molecule has 1 fully saturated rings. The molecule has 3 aromatic rings. The van der Waals surface area contributed by atoms with Gasteiger partial charge in [0.2, 0.25) is 5.95 Å². The molecule has 2 N–H and O–H groups in total. The molecule has 29 heavy (non-hydrogen) atoms. The van der Waals surface area contributed by atoms with E-state index in [1.54, 1.807) is 25.4 Å². The number of anilines is 1. The Hall–Kier alpha value is -2.80. The molecule has 0 atom stereocenters. The largest absolute Gasteiger partial charge is 0.390 e. The predicted octanol–water partition coefficient (Wildman–Crippen LogP) is 4.44. The summed E-state index contributed by atoms with van der Waals surface area (Å²) in [5.41, 5.74) is 2.69. The molecule has 6 nitrogen and oxygen atoms in total. The van der Waals surface area contributed by atoms with Crippen molar-refractivity contribution in [2.75, 3.05) is 12.4 Å². The Balaban J connectivity index is 1.78. The first-order valence-corrected chi connectivity index (χ1v) is 10.1. The first-order chi connectivity index (χ1) is 14.0. The quantitative estimate of drug-likeness (QED) is 0.668. The van der Waals surface area contributed by atoms with Gasteiger partial charge in [0.15, 0.2) is 0 Å². The zero-order chi connectivity index (χ0) is 20.4. The second-order valence-corrected chi connectivity index (χ2v) is 7.68. The Morgan fingerprint density at radius 3 is 2.55 bits per heavy atom. The Morgan fingerprint density at radius 2 is 1.90 bits per heavy atom. The molecule has 0 radical (unpaired) electrons. The van der Waals surface area contributed by atoms with Gasteiger partial charge in [-0.15, -0.1) is 0 Å². The minimum Gasteiger partial charge on any atom is -0.390 e. The summed E-state index contributed by atoms with van der Waals surface area (Å²) < 4.78 is 15.6. The van der Waals surface area contributed by atoms with Gasteiger partial charge in [0.05, 0.1) is 29.0 Å². The van der Waals surface area contributed by atoms with E-state index in [1.807, 2.05) is 19.3 Å². The molecule has 0 spiro atoms. The van der Waals surface area contributed by atoms with Crippen molar-refractivity contribution in [3.63, 3.8) is 0 Å². The van der Waals surface area contributed by atoms with E-state index in [0.717, 1.165) is 54.7 Å². The molecule has 0 saturated heterocycles. The Bertz CT molecular complexity index is 977. The number of halogens is 1. The lowest BCUT2D eigenvalue weighted by Gasteiger charge is -2.36. The molecule has 1 aliphatic carbocycles. The molecular weight excluding hydrogens is 369 g/mol. The molecule has 0 aliphatic heterocycles. The fourth-order valence-electron chi connectivity index (χ4n) is 4.09. The lowest BCUT2D eigenvalue weighted by Crippen LogP contribution is -2.34. The van der Waals surface area contributed by atoms with Crippen molar-refractivity contribution in [2.45, 2.75) is 50.7 Å². The topological polar surface area (TPSA) is 75.9 Å². The van der Waals surface area contributed by atoms with E-state index in [0.29, 0.717) is 5.95 Å². The summed E-state index contributed by atoms with van der Waals surface area (Å²) in [5, 5.41) is 13.6. The molecule has 152 valence electrons. The molecule has 0 amide bonds. The average Bonchev–Trinajstić information content (AvgIpc) is 3.20. The highest BCUT2D eigenvalue weighted by Gasteiger charge is 2.33. The van der Waals surface area contributed by atoms with Gasteiger partial charge in [-0.05, 0) is 62.4 Å². The number of nitrogens with zero attached hydrogens (tertiary/aromatic N) is 4. The van der Waals surface area contributed by atoms with Crippen molar-refractivity contribution >= 4 is 5.95 Å². The van der Waals surface area contributed by atoms with E-state index >= 15 is 0 Å². The number of benzene rings is 1. The number of imidazole rings is 1. The van der Waals surface area contributed by atoms with Crippen molar-refractivity contribution in [2.24, 2.45) is 0 Å². The summed E-state index contributed by atoms with van der Waals surface area (Å²) in [6, 6.07) is 8.46. The number of nitrogens with one attached hydrogen (secondary N) is 1. The third-order valence-electron chi connectivity index (χ3n) is 5.97. The summed E-state index contributed by atoms with van der Waals surface area (Å²) in [5.74, 6) is 0.254. The zero-order valence-corrected chi connectivity index (χ0v) is 16.8. The predicted molar refractivity (Wildman–Crippen MR) is 111 cm³/mol. The van der Waals surface area contributed by atoms with Crippen LogP contribution in [0.2, 0.25) is 0 Å². The fraction of sp³-hybridized carbons (Fsp3) is 0.409. The maximum Gasteiger partial charge on any atom is 0.222 e. The normalized spacial score (nSPS) is 21.9. The van der Waals surface area contributed by atoms with Gasteiger partial charge >= 0.3 is 0 Å². The summed E-state index contributed by atoms with van der Waals surface area (Å²) >= 11 is 0. The highest BCUT2D eigenvalue weighted by Crippen LogP contribution is 2.40. The van der Waals surface area contributed by atoms with Crippen LogP contribution in [0.5, 0.6) is 0 Å². The minimum absolute atomic E-state index is 0.228. The molecular formula is C22H26FN5O. The SMILES string of the molecule is CCC1(O)CCC(n2cnc(-c3ccc(F)cc3)c2-c2ccnc(NC)n2)CC1. The van der Waals surface area contributed by atoms with Gasteiger partial charge in [0.25, 0.3) is 0 Å². The molecule has 0 unspecified atom stereocenters. The first-order valence-electron chi connectivity index (χ1n) is 10.1. The van der Waals surface area contributed by atoms with Crippen LogP contribution in [0.1, 0.15) is 45.1 Å². The maximum absolute atomic E-state index is 13.4. The van der Waals surface area contributed by atoms with E-state index < -0.39 is 5.60 Å². The average molecular weight is 395 g/mol. The number of aromatic nitrogens is 4. The maximum atomic E-state index is 13.4.